The third kappa shape index (κ3) is 5.28. The topological polar surface area (TPSA) is 114 Å². The van der Waals surface area contributed by atoms with Crippen LogP contribution in [0.5, 0.6) is 0 Å². The number of rotatable bonds is 7. The molecular weight excluding hydrogens is 548 g/mol. The maximum Gasteiger partial charge on any atom is 0.252 e. The van der Waals surface area contributed by atoms with Crippen molar-refractivity contribution >= 4 is 27.7 Å². The number of pyridine rings is 1. The van der Waals surface area contributed by atoms with Crippen LogP contribution >= 0.6 is 0 Å². The fourth-order valence-electron chi connectivity index (χ4n) is 5.19. The molecule has 1 N–H and O–H groups in total. The summed E-state index contributed by atoms with van der Waals surface area (Å²) >= 11 is 0. The van der Waals surface area contributed by atoms with Gasteiger partial charge in [0.15, 0.2) is 5.65 Å². The molecule has 0 bridgehead atoms. The number of aryl methyl sites for hydroxylation is 1. The van der Waals surface area contributed by atoms with E-state index in [0.717, 1.165) is 33.2 Å². The number of amides is 1. The summed E-state index contributed by atoms with van der Waals surface area (Å²) in [5.41, 5.74) is 6.88. The van der Waals surface area contributed by atoms with Crippen molar-refractivity contribution in [2.75, 3.05) is 0 Å². The molecule has 0 radical (unpaired) electrons. The molecule has 44 heavy (non-hydrogen) atoms. The van der Waals surface area contributed by atoms with Gasteiger partial charge in [-0.1, -0.05) is 71.4 Å². The van der Waals surface area contributed by atoms with Gasteiger partial charge < -0.3 is 5.32 Å². The van der Waals surface area contributed by atoms with E-state index in [4.69, 9.17) is 10.2 Å². The molecule has 7 rings (SSSR count). The summed E-state index contributed by atoms with van der Waals surface area (Å²) in [6, 6.07) is 33.6. The largest absolute Gasteiger partial charge is 0.346 e. The van der Waals surface area contributed by atoms with Gasteiger partial charge in [-0.15, -0.1) is 5.10 Å². The standard InChI is InChI=1S/C35H26N8O/c1-23-6-14-30(15-7-23)43-34-32(20-38-43)31(17-33(39-34)28-13-12-26-4-2-3-5-27(26)16-28)35(44)37-19-29-22-42(41-40-29)21-25-10-8-24(18-36)9-11-25/h2-17,20,22H,19,21H2,1H3,(H,37,44). The highest BCUT2D eigenvalue weighted by Crippen LogP contribution is 2.29. The average Bonchev–Trinajstić information content (AvgIpc) is 3.70. The van der Waals surface area contributed by atoms with Crippen LogP contribution in [-0.4, -0.2) is 35.7 Å². The number of hydrogen-bond donors (Lipinski definition) is 1. The summed E-state index contributed by atoms with van der Waals surface area (Å²) < 4.78 is 3.47. The van der Waals surface area contributed by atoms with Crippen LogP contribution in [0.15, 0.2) is 109 Å². The fourth-order valence-corrected chi connectivity index (χ4v) is 5.19. The zero-order valence-corrected chi connectivity index (χ0v) is 23.8. The highest BCUT2D eigenvalue weighted by molar-refractivity contribution is 6.06. The van der Waals surface area contributed by atoms with Crippen LogP contribution in [0.2, 0.25) is 0 Å². The van der Waals surface area contributed by atoms with Gasteiger partial charge in [-0.2, -0.15) is 10.4 Å². The van der Waals surface area contributed by atoms with E-state index in [1.165, 1.54) is 0 Å². The van der Waals surface area contributed by atoms with Gasteiger partial charge in [0.1, 0.15) is 5.69 Å². The molecule has 0 unspecified atom stereocenters. The van der Waals surface area contributed by atoms with Crippen LogP contribution in [-0.2, 0) is 13.1 Å². The predicted octanol–water partition coefficient (Wildman–Crippen LogP) is 5.99. The van der Waals surface area contributed by atoms with Gasteiger partial charge in [0.05, 0.1) is 59.4 Å². The smallest absolute Gasteiger partial charge is 0.252 e. The summed E-state index contributed by atoms with van der Waals surface area (Å²) in [5, 5.41) is 28.0. The number of carbonyl (C=O) groups is 1. The summed E-state index contributed by atoms with van der Waals surface area (Å²) in [6.07, 6.45) is 3.49. The third-order valence-electron chi connectivity index (χ3n) is 7.55. The van der Waals surface area contributed by atoms with Crippen molar-refractivity contribution in [1.29, 1.82) is 5.26 Å². The van der Waals surface area contributed by atoms with Gasteiger partial charge in [-0.3, -0.25) is 4.79 Å². The normalized spacial score (nSPS) is 11.1. The highest BCUT2D eigenvalue weighted by Gasteiger charge is 2.19. The maximum absolute atomic E-state index is 13.7. The molecule has 0 aliphatic carbocycles. The van der Waals surface area contributed by atoms with E-state index in [2.05, 4.69) is 51.1 Å². The minimum Gasteiger partial charge on any atom is -0.346 e. The highest BCUT2D eigenvalue weighted by atomic mass is 16.1. The van der Waals surface area contributed by atoms with Gasteiger partial charge in [0, 0.05) is 5.56 Å². The van der Waals surface area contributed by atoms with Crippen LogP contribution in [0.1, 0.15) is 32.7 Å². The third-order valence-corrected chi connectivity index (χ3v) is 7.55. The van der Waals surface area contributed by atoms with Gasteiger partial charge >= 0.3 is 0 Å². The molecule has 212 valence electrons. The molecule has 0 aliphatic heterocycles. The van der Waals surface area contributed by atoms with E-state index in [-0.39, 0.29) is 12.5 Å². The zero-order chi connectivity index (χ0) is 30.0. The number of carbonyl (C=O) groups excluding carboxylic acids is 1. The van der Waals surface area contributed by atoms with Gasteiger partial charge in [0.25, 0.3) is 5.91 Å². The molecule has 9 nitrogen and oxygen atoms in total. The van der Waals surface area contributed by atoms with Crippen molar-refractivity contribution in [2.24, 2.45) is 0 Å². The van der Waals surface area contributed by atoms with E-state index in [1.807, 2.05) is 67.6 Å². The molecule has 0 atom stereocenters. The van der Waals surface area contributed by atoms with E-state index in [1.54, 1.807) is 33.9 Å². The number of nitrogens with zero attached hydrogens (tertiary/aromatic N) is 7. The zero-order valence-electron chi connectivity index (χ0n) is 23.8. The Labute approximate surface area is 253 Å². The Bertz CT molecular complexity index is 2190. The Morgan fingerprint density at radius 3 is 2.52 bits per heavy atom. The van der Waals surface area contributed by atoms with Crippen molar-refractivity contribution in [1.82, 2.24) is 35.1 Å². The van der Waals surface area contributed by atoms with Crippen LogP contribution in [0.25, 0.3) is 38.8 Å². The molecular formula is C35H26N8O. The summed E-state index contributed by atoms with van der Waals surface area (Å²) in [5.74, 6) is -0.260. The molecule has 7 aromatic rings. The van der Waals surface area contributed by atoms with Crippen LogP contribution in [0.3, 0.4) is 0 Å². The molecule has 0 saturated carbocycles. The van der Waals surface area contributed by atoms with Gasteiger partial charge in [-0.25, -0.2) is 14.3 Å². The average molecular weight is 575 g/mol. The van der Waals surface area contributed by atoms with E-state index < -0.39 is 0 Å². The first-order valence-corrected chi connectivity index (χ1v) is 14.2. The number of fused-ring (bicyclic) bond motifs is 2. The lowest BCUT2D eigenvalue weighted by molar-refractivity contribution is 0.0952. The number of benzene rings is 4. The second-order valence-corrected chi connectivity index (χ2v) is 10.6. The predicted molar refractivity (Wildman–Crippen MR) is 168 cm³/mol. The van der Waals surface area contributed by atoms with Crippen LogP contribution in [0.4, 0.5) is 0 Å². The van der Waals surface area contributed by atoms with E-state index in [0.29, 0.717) is 40.1 Å². The van der Waals surface area contributed by atoms with Crippen molar-refractivity contribution in [3.63, 3.8) is 0 Å². The quantitative estimate of drug-likeness (QED) is 0.250. The Morgan fingerprint density at radius 1 is 0.932 bits per heavy atom. The van der Waals surface area contributed by atoms with E-state index in [9.17, 15) is 4.79 Å². The second-order valence-electron chi connectivity index (χ2n) is 10.6. The summed E-state index contributed by atoms with van der Waals surface area (Å²) in [6.45, 7) is 2.74. The molecule has 9 heteroatoms. The minimum absolute atomic E-state index is 0.202. The molecule has 3 aromatic heterocycles. The van der Waals surface area contributed by atoms with Gasteiger partial charge in [-0.05, 0) is 59.7 Å². The summed E-state index contributed by atoms with van der Waals surface area (Å²) in [7, 11) is 0. The van der Waals surface area contributed by atoms with Gasteiger partial charge in [0.2, 0.25) is 0 Å². The molecule has 3 heterocycles. The van der Waals surface area contributed by atoms with Crippen molar-refractivity contribution < 1.29 is 4.79 Å². The minimum atomic E-state index is -0.260. The fraction of sp³-hybridized carbons (Fsp3) is 0.0857. The lowest BCUT2D eigenvalue weighted by Crippen LogP contribution is -2.23. The van der Waals surface area contributed by atoms with Crippen LogP contribution in [0, 0.1) is 18.3 Å². The Morgan fingerprint density at radius 2 is 1.73 bits per heavy atom. The number of aromatic nitrogens is 6. The Kier molecular flexibility index (Phi) is 6.85. The first kappa shape index (κ1) is 26.7. The van der Waals surface area contributed by atoms with Crippen LogP contribution < -0.4 is 5.32 Å². The maximum atomic E-state index is 13.7. The Hall–Kier alpha value is -6.14. The van der Waals surface area contributed by atoms with Crippen molar-refractivity contribution in [3.05, 3.63) is 137 Å². The second kappa shape index (κ2) is 11.3. The molecule has 0 saturated heterocycles. The number of nitriles is 1. The van der Waals surface area contributed by atoms with Crippen molar-refractivity contribution in [2.45, 2.75) is 20.0 Å². The number of nitrogens with one attached hydrogen (secondary N) is 1. The molecule has 0 spiro atoms. The lowest BCUT2D eigenvalue weighted by atomic mass is 10.0. The SMILES string of the molecule is Cc1ccc(-n2ncc3c(C(=O)NCc4cn(Cc5ccc(C#N)cc5)nn4)cc(-c4ccc5ccccc5c4)nc32)cc1. The first-order chi connectivity index (χ1) is 21.5. The molecule has 0 fully saturated rings. The lowest BCUT2D eigenvalue weighted by Gasteiger charge is -2.10. The molecule has 1 amide bonds. The van der Waals surface area contributed by atoms with E-state index >= 15 is 0 Å². The monoisotopic (exact) mass is 574 g/mol. The Balaban J connectivity index is 1.20. The van der Waals surface area contributed by atoms with Crippen molar-refractivity contribution in [3.8, 4) is 23.0 Å². The molecule has 0 aliphatic rings. The molecule has 4 aromatic carbocycles. The first-order valence-electron chi connectivity index (χ1n) is 14.2. The number of hydrogen-bond acceptors (Lipinski definition) is 6. The summed E-state index contributed by atoms with van der Waals surface area (Å²) in [4.78, 5) is 18.7.